The lowest BCUT2D eigenvalue weighted by Crippen LogP contribution is -2.55. The second-order valence-electron chi connectivity index (χ2n) is 19.2. The van der Waals surface area contributed by atoms with Crippen molar-refractivity contribution in [3.8, 4) is 5.88 Å². The number of nitrogens with zero attached hydrogens (tertiary/aromatic N) is 5. The fraction of sp³-hybridized carbons (Fsp3) is 0.449. The number of H-pyrrole nitrogens is 1. The molecule has 3 atom stereocenters. The average molecular weight is 947 g/mol. The molecule has 5 fully saturated rings. The van der Waals surface area contributed by atoms with Crippen LogP contribution in [0, 0.1) is 21.4 Å². The Morgan fingerprint density at radius 1 is 0.926 bits per heavy atom. The first-order valence-corrected chi connectivity index (χ1v) is 25.1. The molecule has 11 rings (SSSR count). The van der Waals surface area contributed by atoms with E-state index in [0.29, 0.717) is 60.9 Å². The second kappa shape index (κ2) is 17.7. The lowest BCUT2D eigenvalue weighted by Gasteiger charge is -2.56. The largest absolute Gasteiger partial charge is 0.478 e. The van der Waals surface area contributed by atoms with Crippen LogP contribution in [-0.2, 0) is 19.5 Å². The minimum absolute atomic E-state index is 0.0780. The van der Waals surface area contributed by atoms with Gasteiger partial charge >= 0.3 is 5.97 Å². The highest BCUT2D eigenvalue weighted by molar-refractivity contribution is 7.90. The van der Waals surface area contributed by atoms with E-state index in [9.17, 15) is 33.2 Å². The maximum absolute atomic E-state index is 14.6. The number of ether oxygens (including phenoxy) is 3. The minimum Gasteiger partial charge on any atom is -0.478 e. The molecule has 0 radical (unpaired) electrons. The van der Waals surface area contributed by atoms with Gasteiger partial charge in [-0.3, -0.25) is 19.8 Å². The molecule has 6 aliphatic rings. The molecule has 3 aromatic carbocycles. The molecule has 1 aliphatic carbocycles. The van der Waals surface area contributed by atoms with Gasteiger partial charge in [0.05, 0.1) is 45.9 Å². The van der Waals surface area contributed by atoms with E-state index in [1.165, 1.54) is 12.1 Å². The number of aromatic amines is 1. The number of carbonyl (C=O) groups is 2. The minimum atomic E-state index is -4.61. The maximum Gasteiger partial charge on any atom is 0.336 e. The standard InChI is InChI=1S/C49H54N8O10S/c58-46(53-68(63,64)34-8-10-38(41(24-34)57(61)62)51-27-30-12-20-65-21-13-30)37-9-7-32(23-40(37)56-42-22-31-11-16-50-45(31)52-47(42)67-44-29-66-28-43(44)56)54-18-14-49(15-19-54)25-33(26-49)55-17-3-6-39(55)35-4-1-2-5-36(35)48(59)60/h1-2,4-5,7-11,16,22-24,30,33,39,43-44,51H,3,6,12-15,17-21,25-29H2,(H,50,52)(H,53,58)(H,59,60)/t39-,43+,44+/m0/s1. The summed E-state index contributed by atoms with van der Waals surface area (Å²) < 4.78 is 48.1. The highest BCUT2D eigenvalue weighted by Gasteiger charge is 2.50. The van der Waals surface area contributed by atoms with Gasteiger partial charge in [0, 0.05) is 68.3 Å². The average Bonchev–Trinajstić information content (AvgIpc) is 4.13. The summed E-state index contributed by atoms with van der Waals surface area (Å²) in [7, 11) is -4.61. The number of nitrogens with one attached hydrogen (secondary N) is 3. The number of sulfonamides is 1. The topological polar surface area (TPSA) is 222 Å². The highest BCUT2D eigenvalue weighted by Crippen LogP contribution is 2.54. The number of hydrogen-bond acceptors (Lipinski definition) is 14. The number of fused-ring (bicyclic) bond motifs is 3. The predicted octanol–water partition coefficient (Wildman–Crippen LogP) is 7.01. The van der Waals surface area contributed by atoms with Gasteiger partial charge in [-0.2, -0.15) is 4.98 Å². The van der Waals surface area contributed by atoms with Gasteiger partial charge in [-0.1, -0.05) is 18.2 Å². The molecular formula is C49H54N8O10S. The van der Waals surface area contributed by atoms with Crippen molar-refractivity contribution >= 4 is 61.4 Å². The van der Waals surface area contributed by atoms with Gasteiger partial charge in [0.25, 0.3) is 21.6 Å². The third kappa shape index (κ3) is 8.17. The smallest absolute Gasteiger partial charge is 0.336 e. The molecule has 19 heteroatoms. The Kier molecular flexibility index (Phi) is 11.5. The van der Waals surface area contributed by atoms with Crippen LogP contribution in [-0.4, -0.2) is 116 Å². The lowest BCUT2D eigenvalue weighted by molar-refractivity contribution is -0.384. The van der Waals surface area contributed by atoms with Crippen LogP contribution in [0.2, 0.25) is 0 Å². The van der Waals surface area contributed by atoms with Crippen molar-refractivity contribution in [2.45, 2.75) is 80.5 Å². The molecule has 1 spiro atoms. The zero-order chi connectivity index (χ0) is 46.7. The lowest BCUT2D eigenvalue weighted by atomic mass is 9.59. The molecule has 4 saturated heterocycles. The van der Waals surface area contributed by atoms with E-state index >= 15 is 0 Å². The predicted molar refractivity (Wildman–Crippen MR) is 252 cm³/mol. The number of pyridine rings is 1. The molecule has 2 aromatic heterocycles. The van der Waals surface area contributed by atoms with Crippen molar-refractivity contribution in [2.75, 3.05) is 67.7 Å². The zero-order valence-corrected chi connectivity index (χ0v) is 38.3. The molecule has 1 saturated carbocycles. The van der Waals surface area contributed by atoms with Crippen molar-refractivity contribution in [1.82, 2.24) is 19.6 Å². The van der Waals surface area contributed by atoms with E-state index in [1.54, 1.807) is 24.4 Å². The first kappa shape index (κ1) is 44.2. The summed E-state index contributed by atoms with van der Waals surface area (Å²) in [6, 6.07) is 20.4. The number of piperidine rings is 1. The fourth-order valence-electron chi connectivity index (χ4n) is 11.6. The number of aromatic carboxylic acids is 1. The number of likely N-dealkylation sites (tertiary alicyclic amines) is 1. The molecule has 68 heavy (non-hydrogen) atoms. The van der Waals surface area contributed by atoms with E-state index < -0.39 is 43.5 Å². The number of amides is 1. The third-order valence-electron chi connectivity index (χ3n) is 15.3. The SMILES string of the molecule is O=C(O)c1ccccc1[C@@H]1CCCN1C1CC2(CCN(c3ccc(C(=O)NS(=O)(=O)c4ccc(NCC5CCOCC5)c([N+](=O)[O-])c4)c(N4c5cc6cc[nH]c6nc5O[C@@H]5COC[C@H]54)c3)CC2)C1. The number of rotatable bonds is 12. The number of carboxylic acids is 1. The summed E-state index contributed by atoms with van der Waals surface area (Å²) >= 11 is 0. The number of carbonyl (C=O) groups excluding carboxylic acids is 1. The monoisotopic (exact) mass is 946 g/mol. The first-order valence-electron chi connectivity index (χ1n) is 23.6. The maximum atomic E-state index is 14.6. The van der Waals surface area contributed by atoms with E-state index in [1.807, 2.05) is 41.3 Å². The van der Waals surface area contributed by atoms with Crippen LogP contribution in [0.1, 0.15) is 83.7 Å². The summed E-state index contributed by atoms with van der Waals surface area (Å²) in [4.78, 5) is 52.7. The molecule has 0 bridgehead atoms. The van der Waals surface area contributed by atoms with Crippen molar-refractivity contribution in [1.29, 1.82) is 0 Å². The zero-order valence-electron chi connectivity index (χ0n) is 37.5. The summed E-state index contributed by atoms with van der Waals surface area (Å²) in [6.45, 7) is 4.79. The Labute approximate surface area is 393 Å². The molecule has 0 unspecified atom stereocenters. The number of nitro benzene ring substituents is 1. The van der Waals surface area contributed by atoms with Crippen molar-refractivity contribution in [2.24, 2.45) is 11.3 Å². The quantitative estimate of drug-likeness (QED) is 0.0730. The van der Waals surface area contributed by atoms with Gasteiger partial charge in [-0.15, -0.1) is 0 Å². The molecule has 5 aromatic rings. The van der Waals surface area contributed by atoms with Crippen LogP contribution in [0.15, 0.2) is 83.9 Å². The fourth-order valence-corrected chi connectivity index (χ4v) is 12.6. The summed E-state index contributed by atoms with van der Waals surface area (Å²) in [5.74, 6) is -1.19. The van der Waals surface area contributed by atoms with Crippen LogP contribution in [0.25, 0.3) is 11.0 Å². The van der Waals surface area contributed by atoms with Crippen molar-refractivity contribution in [3.63, 3.8) is 0 Å². The van der Waals surface area contributed by atoms with Crippen LogP contribution in [0.3, 0.4) is 0 Å². The number of carboxylic acid groups (broad SMARTS) is 1. The van der Waals surface area contributed by atoms with E-state index in [4.69, 9.17) is 19.2 Å². The Morgan fingerprint density at radius 3 is 2.53 bits per heavy atom. The van der Waals surface area contributed by atoms with Gasteiger partial charge in [0.15, 0.2) is 0 Å². The van der Waals surface area contributed by atoms with Gasteiger partial charge < -0.3 is 39.4 Å². The molecular weight excluding hydrogens is 893 g/mol. The van der Waals surface area contributed by atoms with Gasteiger partial charge in [0.2, 0.25) is 5.88 Å². The molecule has 4 N–H and O–H groups in total. The number of nitro groups is 1. The molecule has 18 nitrogen and oxygen atoms in total. The van der Waals surface area contributed by atoms with E-state index in [2.05, 4.69) is 24.8 Å². The van der Waals surface area contributed by atoms with Gasteiger partial charge in [0.1, 0.15) is 23.1 Å². The van der Waals surface area contributed by atoms with Crippen LogP contribution in [0.4, 0.5) is 28.4 Å². The number of anilines is 4. The van der Waals surface area contributed by atoms with E-state index in [-0.39, 0.29) is 41.3 Å². The van der Waals surface area contributed by atoms with E-state index in [0.717, 1.165) is 93.7 Å². The molecule has 7 heterocycles. The van der Waals surface area contributed by atoms with Gasteiger partial charge in [-0.25, -0.2) is 17.9 Å². The Morgan fingerprint density at radius 2 is 1.74 bits per heavy atom. The van der Waals surface area contributed by atoms with Gasteiger partial charge in [-0.05, 0) is 123 Å². The highest BCUT2D eigenvalue weighted by atomic mass is 32.2. The third-order valence-corrected chi connectivity index (χ3v) is 16.6. The van der Waals surface area contributed by atoms with Crippen LogP contribution >= 0.6 is 0 Å². The molecule has 1 amide bonds. The van der Waals surface area contributed by atoms with Crippen LogP contribution < -0.4 is 24.6 Å². The summed E-state index contributed by atoms with van der Waals surface area (Å²) in [6.07, 6.45) is 9.01. The number of hydrogen-bond donors (Lipinski definition) is 4. The first-order chi connectivity index (χ1) is 32.9. The van der Waals surface area contributed by atoms with Crippen molar-refractivity contribution < 1.29 is 42.2 Å². The summed E-state index contributed by atoms with van der Waals surface area (Å²) in [5.41, 5.74) is 3.85. The van der Waals surface area contributed by atoms with Crippen molar-refractivity contribution in [3.05, 3.63) is 106 Å². The normalized spacial score (nSPS) is 22.9. The number of benzene rings is 3. The number of aromatic nitrogens is 2. The Balaban J connectivity index is 0.866. The van der Waals surface area contributed by atoms with Crippen LogP contribution in [0.5, 0.6) is 5.88 Å². The Bertz CT molecular complexity index is 2890. The molecule has 356 valence electrons. The second-order valence-corrected chi connectivity index (χ2v) is 20.9. The summed E-state index contributed by atoms with van der Waals surface area (Å²) in [5, 5.41) is 26.1. The molecule has 5 aliphatic heterocycles. The Hall–Kier alpha value is -6.28.